The van der Waals surface area contributed by atoms with Gasteiger partial charge in [0.1, 0.15) is 17.9 Å². The Balaban J connectivity index is 2.39. The van der Waals surface area contributed by atoms with Crippen molar-refractivity contribution in [3.8, 4) is 0 Å². The minimum atomic E-state index is -3.50. The number of carbonyl (C=O) groups excluding carboxylic acids is 2. The number of nitrogens with one attached hydrogen (secondary N) is 2. The maximum atomic E-state index is 12.6. The number of hydrazine groups is 1. The van der Waals surface area contributed by atoms with Crippen LogP contribution in [0.4, 0.5) is 16.2 Å². The predicted octanol–water partition coefficient (Wildman–Crippen LogP) is 3.06. The van der Waals surface area contributed by atoms with Crippen LogP contribution < -0.4 is 10.7 Å². The molecule has 1 unspecified atom stereocenters. The Morgan fingerprint density at radius 1 is 1.36 bits per heavy atom. The minimum Gasteiger partial charge on any atom is -0.442 e. The van der Waals surface area contributed by atoms with Gasteiger partial charge >= 0.3 is 6.09 Å². The van der Waals surface area contributed by atoms with Crippen molar-refractivity contribution in [2.45, 2.75) is 57.1 Å². The van der Waals surface area contributed by atoms with Crippen LogP contribution >= 0.6 is 0 Å². The van der Waals surface area contributed by atoms with E-state index in [1.54, 1.807) is 39.8 Å². The third kappa shape index (κ3) is 6.12. The lowest BCUT2D eigenvalue weighted by atomic mass is 10.2. The highest BCUT2D eigenvalue weighted by Gasteiger charge is 2.28. The summed E-state index contributed by atoms with van der Waals surface area (Å²) in [5.74, 6) is 0.510. The fourth-order valence-electron chi connectivity index (χ4n) is 2.50. The number of rotatable bonds is 8. The van der Waals surface area contributed by atoms with Gasteiger partial charge in [-0.25, -0.2) is 18.2 Å². The number of para-hydroxylation sites is 1. The van der Waals surface area contributed by atoms with Crippen molar-refractivity contribution in [3.63, 3.8) is 0 Å². The lowest BCUT2D eigenvalue weighted by Crippen LogP contribution is -2.46. The molecule has 1 amide bonds. The van der Waals surface area contributed by atoms with Crippen LogP contribution in [0.3, 0.4) is 0 Å². The fourth-order valence-corrected chi connectivity index (χ4v) is 3.38. The first kappa shape index (κ1) is 22.0. The number of hydrogen-bond donors (Lipinski definition) is 2. The van der Waals surface area contributed by atoms with E-state index in [0.29, 0.717) is 30.1 Å². The van der Waals surface area contributed by atoms with E-state index in [0.717, 1.165) is 24.1 Å². The largest absolute Gasteiger partial charge is 0.442 e. The predicted molar refractivity (Wildman–Crippen MR) is 108 cm³/mol. The average molecular weight is 412 g/mol. The molecule has 0 radical (unpaired) electrons. The summed E-state index contributed by atoms with van der Waals surface area (Å²) < 4.78 is 29.8. The second-order valence-corrected chi connectivity index (χ2v) is 10.1. The number of hydrogen-bond acceptors (Lipinski definition) is 7. The number of anilines is 2. The highest BCUT2D eigenvalue weighted by molar-refractivity contribution is 7.90. The number of sulfone groups is 1. The maximum absolute atomic E-state index is 12.6. The summed E-state index contributed by atoms with van der Waals surface area (Å²) in [6.45, 7) is 7.35. The Kier molecular flexibility index (Phi) is 6.59. The Bertz CT molecular complexity index is 828. The van der Waals surface area contributed by atoms with Crippen molar-refractivity contribution >= 4 is 33.6 Å². The molecule has 2 rings (SSSR count). The van der Waals surface area contributed by atoms with E-state index in [1.165, 1.54) is 6.07 Å². The maximum Gasteiger partial charge on any atom is 0.429 e. The third-order valence-electron chi connectivity index (χ3n) is 4.13. The van der Waals surface area contributed by atoms with Crippen LogP contribution in [-0.2, 0) is 19.4 Å². The second-order valence-electron chi connectivity index (χ2n) is 8.11. The zero-order chi connectivity index (χ0) is 21.1. The van der Waals surface area contributed by atoms with Gasteiger partial charge in [-0.05, 0) is 58.6 Å². The molecule has 9 heteroatoms. The molecule has 28 heavy (non-hydrogen) atoms. The molecule has 1 saturated carbocycles. The molecule has 0 aliphatic heterocycles. The van der Waals surface area contributed by atoms with Crippen LogP contribution in [-0.4, -0.2) is 50.2 Å². The highest BCUT2D eigenvalue weighted by Crippen LogP contribution is 2.34. The molecule has 1 aliphatic carbocycles. The van der Waals surface area contributed by atoms with Crippen molar-refractivity contribution in [2.75, 3.05) is 23.5 Å². The molecule has 0 aromatic heterocycles. The van der Waals surface area contributed by atoms with Crippen LogP contribution in [0.2, 0.25) is 0 Å². The molecular formula is C19H29N3O5S. The summed E-state index contributed by atoms with van der Waals surface area (Å²) in [5, 5.41) is 4.25. The van der Waals surface area contributed by atoms with Crippen molar-refractivity contribution in [3.05, 3.63) is 18.2 Å². The average Bonchev–Trinajstić information content (AvgIpc) is 3.39. The SMILES string of the molecule is CC(C=O)N(Nc1cccc(S(C)(=O)=O)c1NCC1CC1)C(=O)OC(C)(C)C. The van der Waals surface area contributed by atoms with Gasteiger partial charge in [-0.1, -0.05) is 6.07 Å². The summed E-state index contributed by atoms with van der Waals surface area (Å²) in [6.07, 6.45) is 3.21. The number of ether oxygens (including phenoxy) is 1. The van der Waals surface area contributed by atoms with E-state index in [-0.39, 0.29) is 4.90 Å². The van der Waals surface area contributed by atoms with E-state index in [9.17, 15) is 18.0 Å². The Morgan fingerprint density at radius 2 is 2.00 bits per heavy atom. The topological polar surface area (TPSA) is 105 Å². The molecule has 1 atom stereocenters. The first-order chi connectivity index (χ1) is 12.9. The number of carbonyl (C=O) groups is 2. The molecule has 8 nitrogen and oxygen atoms in total. The van der Waals surface area contributed by atoms with Crippen LogP contribution in [0, 0.1) is 5.92 Å². The lowest BCUT2D eigenvalue weighted by molar-refractivity contribution is -0.111. The Labute approximate surface area is 166 Å². The summed E-state index contributed by atoms with van der Waals surface area (Å²) in [4.78, 5) is 24.0. The van der Waals surface area contributed by atoms with Crippen LogP contribution in [0.1, 0.15) is 40.5 Å². The molecule has 1 aliphatic rings. The molecule has 156 valence electrons. The zero-order valence-corrected chi connectivity index (χ0v) is 17.8. The second kappa shape index (κ2) is 8.38. The van der Waals surface area contributed by atoms with Gasteiger partial charge < -0.3 is 14.8 Å². The normalized spacial score (nSPS) is 15.5. The molecular weight excluding hydrogens is 382 g/mol. The third-order valence-corrected chi connectivity index (χ3v) is 5.26. The van der Waals surface area contributed by atoms with Gasteiger partial charge in [-0.2, -0.15) is 0 Å². The molecule has 1 aromatic rings. The van der Waals surface area contributed by atoms with Crippen molar-refractivity contribution in [1.82, 2.24) is 5.01 Å². The highest BCUT2D eigenvalue weighted by atomic mass is 32.2. The van der Waals surface area contributed by atoms with E-state index in [2.05, 4.69) is 10.7 Å². The van der Waals surface area contributed by atoms with Crippen molar-refractivity contribution in [1.29, 1.82) is 0 Å². The number of nitrogens with zero attached hydrogens (tertiary/aromatic N) is 1. The Hall–Kier alpha value is -2.29. The molecule has 0 bridgehead atoms. The molecule has 1 fully saturated rings. The monoisotopic (exact) mass is 411 g/mol. The number of benzene rings is 1. The summed E-state index contributed by atoms with van der Waals surface area (Å²) in [6, 6.07) is 3.92. The molecule has 0 heterocycles. The van der Waals surface area contributed by atoms with Gasteiger partial charge in [0.2, 0.25) is 0 Å². The van der Waals surface area contributed by atoms with Gasteiger partial charge in [-0.3, -0.25) is 5.43 Å². The lowest BCUT2D eigenvalue weighted by Gasteiger charge is -2.31. The van der Waals surface area contributed by atoms with E-state index in [4.69, 9.17) is 4.74 Å². The van der Waals surface area contributed by atoms with Crippen molar-refractivity contribution in [2.24, 2.45) is 5.92 Å². The van der Waals surface area contributed by atoms with Crippen LogP contribution in [0.5, 0.6) is 0 Å². The quantitative estimate of drug-likeness (QED) is 0.500. The summed E-state index contributed by atoms with van der Waals surface area (Å²) in [7, 11) is -3.50. The van der Waals surface area contributed by atoms with E-state index in [1.807, 2.05) is 0 Å². The molecule has 0 saturated heterocycles. The minimum absolute atomic E-state index is 0.126. The molecule has 0 spiro atoms. The number of aldehydes is 1. The Morgan fingerprint density at radius 3 is 2.50 bits per heavy atom. The van der Waals surface area contributed by atoms with E-state index >= 15 is 0 Å². The molecule has 2 N–H and O–H groups in total. The summed E-state index contributed by atoms with van der Waals surface area (Å²) in [5.41, 5.74) is 2.89. The van der Waals surface area contributed by atoms with Crippen LogP contribution in [0.25, 0.3) is 0 Å². The van der Waals surface area contributed by atoms with Crippen molar-refractivity contribution < 1.29 is 22.7 Å². The zero-order valence-electron chi connectivity index (χ0n) is 17.0. The number of amides is 1. The fraction of sp³-hybridized carbons (Fsp3) is 0.579. The van der Waals surface area contributed by atoms with Gasteiger partial charge in [0.05, 0.1) is 16.3 Å². The van der Waals surface area contributed by atoms with Gasteiger partial charge in [0.15, 0.2) is 9.84 Å². The van der Waals surface area contributed by atoms with Gasteiger partial charge in [0.25, 0.3) is 0 Å². The smallest absolute Gasteiger partial charge is 0.429 e. The van der Waals surface area contributed by atoms with E-state index < -0.39 is 27.6 Å². The van der Waals surface area contributed by atoms with Gasteiger partial charge in [0, 0.05) is 12.8 Å². The standard InChI is InChI=1S/C19H29N3O5S/c1-13(12-23)22(18(24)27-19(2,3)4)21-15-7-6-8-16(28(5,25)26)17(15)20-11-14-9-10-14/h6-8,12-14,20-21H,9-11H2,1-5H3. The first-order valence-corrected chi connectivity index (χ1v) is 11.1. The molecule has 1 aromatic carbocycles. The van der Waals surface area contributed by atoms with Gasteiger partial charge in [-0.15, -0.1) is 0 Å². The first-order valence-electron chi connectivity index (χ1n) is 9.23. The summed E-state index contributed by atoms with van der Waals surface area (Å²) >= 11 is 0. The van der Waals surface area contributed by atoms with Crippen LogP contribution in [0.15, 0.2) is 23.1 Å².